The average Bonchev–Trinajstić information content (AvgIpc) is 3.11. The Morgan fingerprint density at radius 1 is 0.920 bits per heavy atom. The van der Waals surface area contributed by atoms with Crippen molar-refractivity contribution >= 4 is 6.34 Å². The second kappa shape index (κ2) is 16.6. The van der Waals surface area contributed by atoms with Gasteiger partial charge >= 0.3 is 0 Å². The molecule has 0 aromatic rings. The first-order chi connectivity index (χ1) is 12.3. The maximum absolute atomic E-state index is 9.92. The van der Waals surface area contributed by atoms with Gasteiger partial charge in [-0.15, -0.1) is 0 Å². The maximum atomic E-state index is 9.92. The number of aliphatic imine (C=N–C) groups is 1. The second-order valence-corrected chi connectivity index (χ2v) is 7.54. The lowest BCUT2D eigenvalue weighted by atomic mass is 10.0. The Bertz CT molecular complexity index is 341. The molecule has 1 rings (SSSR count). The molecule has 0 fully saturated rings. The van der Waals surface area contributed by atoms with Gasteiger partial charge in [0.15, 0.2) is 0 Å². The number of aliphatic hydroxyl groups is 1. The number of nitrogens with zero attached hydrogens (tertiary/aromatic N) is 2. The molecule has 0 amide bonds. The van der Waals surface area contributed by atoms with E-state index in [2.05, 4.69) is 22.9 Å². The third-order valence-corrected chi connectivity index (χ3v) is 5.02. The van der Waals surface area contributed by atoms with Gasteiger partial charge in [0.05, 0.1) is 19.0 Å². The maximum Gasteiger partial charge on any atom is 0.0896 e. The molecule has 1 aliphatic heterocycles. The third-order valence-electron chi connectivity index (χ3n) is 5.02. The first-order valence-electron chi connectivity index (χ1n) is 10.9. The Balaban J connectivity index is 1.76. The quantitative estimate of drug-likeness (QED) is 0.269. The minimum Gasteiger partial charge on any atom is -0.387 e. The summed E-state index contributed by atoms with van der Waals surface area (Å²) in [4.78, 5) is 6.24. The van der Waals surface area contributed by atoms with E-state index in [1.54, 1.807) is 0 Å². The summed E-state index contributed by atoms with van der Waals surface area (Å²) in [7, 11) is 0. The number of allylic oxidation sites excluding steroid dienone is 1. The van der Waals surface area contributed by atoms with Crippen LogP contribution in [0.1, 0.15) is 96.8 Å². The largest absolute Gasteiger partial charge is 0.387 e. The van der Waals surface area contributed by atoms with Crippen LogP contribution in [0.2, 0.25) is 0 Å². The molecular formula is C22H42N2O. The van der Waals surface area contributed by atoms with E-state index in [-0.39, 0.29) is 6.10 Å². The van der Waals surface area contributed by atoms with Gasteiger partial charge in [0.2, 0.25) is 0 Å². The SMILES string of the molecule is CCCCCCCCCCCCCCCC=CC(O)CN1C=NCC1. The first kappa shape index (κ1) is 22.2. The predicted molar refractivity (Wildman–Crippen MR) is 110 cm³/mol. The fraction of sp³-hybridized carbons (Fsp3) is 0.864. The monoisotopic (exact) mass is 350 g/mol. The number of hydrogen-bond donors (Lipinski definition) is 1. The molecule has 0 radical (unpaired) electrons. The van der Waals surface area contributed by atoms with Gasteiger partial charge < -0.3 is 10.0 Å². The molecule has 0 aliphatic carbocycles. The molecule has 25 heavy (non-hydrogen) atoms. The van der Waals surface area contributed by atoms with Crippen molar-refractivity contribution in [1.29, 1.82) is 0 Å². The van der Waals surface area contributed by atoms with E-state index in [9.17, 15) is 5.11 Å². The van der Waals surface area contributed by atoms with E-state index in [1.807, 2.05) is 12.4 Å². The Kier molecular flexibility index (Phi) is 14.8. The molecule has 3 heteroatoms. The van der Waals surface area contributed by atoms with Gasteiger partial charge in [0, 0.05) is 13.1 Å². The van der Waals surface area contributed by atoms with Gasteiger partial charge in [-0.1, -0.05) is 96.1 Å². The van der Waals surface area contributed by atoms with Gasteiger partial charge in [-0.25, -0.2) is 0 Å². The highest BCUT2D eigenvalue weighted by Gasteiger charge is 2.08. The molecule has 0 saturated heterocycles. The Morgan fingerprint density at radius 3 is 2.00 bits per heavy atom. The van der Waals surface area contributed by atoms with E-state index in [4.69, 9.17) is 0 Å². The lowest BCUT2D eigenvalue weighted by molar-refractivity contribution is 0.190. The van der Waals surface area contributed by atoms with Crippen LogP contribution in [0.3, 0.4) is 0 Å². The minimum atomic E-state index is -0.355. The van der Waals surface area contributed by atoms with Crippen molar-refractivity contribution in [1.82, 2.24) is 4.90 Å². The van der Waals surface area contributed by atoms with Crippen LogP contribution in [0, 0.1) is 0 Å². The van der Waals surface area contributed by atoms with Gasteiger partial charge in [-0.2, -0.15) is 0 Å². The number of aliphatic hydroxyl groups excluding tert-OH is 1. The van der Waals surface area contributed by atoms with Crippen LogP contribution in [-0.2, 0) is 0 Å². The van der Waals surface area contributed by atoms with Crippen molar-refractivity contribution in [3.63, 3.8) is 0 Å². The van der Waals surface area contributed by atoms with E-state index < -0.39 is 0 Å². The fourth-order valence-corrected chi connectivity index (χ4v) is 3.39. The normalized spacial score (nSPS) is 15.5. The first-order valence-corrected chi connectivity index (χ1v) is 10.9. The molecule has 0 aromatic carbocycles. The van der Waals surface area contributed by atoms with E-state index >= 15 is 0 Å². The Morgan fingerprint density at radius 2 is 1.48 bits per heavy atom. The van der Waals surface area contributed by atoms with E-state index in [1.165, 1.54) is 83.5 Å². The summed E-state index contributed by atoms with van der Waals surface area (Å²) in [6.45, 7) is 4.78. The average molecular weight is 351 g/mol. The van der Waals surface area contributed by atoms with Crippen LogP contribution in [0.25, 0.3) is 0 Å². The summed E-state index contributed by atoms with van der Waals surface area (Å²) in [5, 5.41) is 9.92. The lowest BCUT2D eigenvalue weighted by Gasteiger charge is -2.15. The molecule has 1 aliphatic rings. The number of β-amino-alcohol motifs (C(OH)–C–C–N with tert-alkyl or cyclic N) is 1. The Hall–Kier alpha value is -0.830. The highest BCUT2D eigenvalue weighted by Crippen LogP contribution is 2.13. The summed E-state index contributed by atoms with van der Waals surface area (Å²) >= 11 is 0. The number of rotatable bonds is 17. The van der Waals surface area contributed by atoms with Crippen molar-refractivity contribution in [2.24, 2.45) is 4.99 Å². The molecule has 0 aromatic heterocycles. The van der Waals surface area contributed by atoms with Crippen molar-refractivity contribution in [3.05, 3.63) is 12.2 Å². The van der Waals surface area contributed by atoms with Crippen LogP contribution in [0.4, 0.5) is 0 Å². The molecule has 146 valence electrons. The number of hydrogen-bond acceptors (Lipinski definition) is 3. The van der Waals surface area contributed by atoms with Gasteiger partial charge in [0.25, 0.3) is 0 Å². The molecule has 3 nitrogen and oxygen atoms in total. The molecule has 0 saturated carbocycles. The van der Waals surface area contributed by atoms with Crippen molar-refractivity contribution in [3.8, 4) is 0 Å². The third kappa shape index (κ3) is 14.1. The van der Waals surface area contributed by atoms with Crippen LogP contribution in [-0.4, -0.2) is 42.1 Å². The van der Waals surface area contributed by atoms with Crippen LogP contribution < -0.4 is 0 Å². The number of unbranched alkanes of at least 4 members (excludes halogenated alkanes) is 13. The highest BCUT2D eigenvalue weighted by atomic mass is 16.3. The summed E-state index contributed by atoms with van der Waals surface area (Å²) in [6, 6.07) is 0. The summed E-state index contributed by atoms with van der Waals surface area (Å²) in [5.41, 5.74) is 0. The van der Waals surface area contributed by atoms with E-state index in [0.717, 1.165) is 19.5 Å². The molecule has 0 spiro atoms. The zero-order valence-corrected chi connectivity index (χ0v) is 16.7. The zero-order chi connectivity index (χ0) is 18.0. The predicted octanol–water partition coefficient (Wildman–Crippen LogP) is 5.73. The topological polar surface area (TPSA) is 35.8 Å². The lowest BCUT2D eigenvalue weighted by Crippen LogP contribution is -2.28. The Labute approximate surface area is 156 Å². The van der Waals surface area contributed by atoms with Gasteiger partial charge in [0.1, 0.15) is 0 Å². The second-order valence-electron chi connectivity index (χ2n) is 7.54. The van der Waals surface area contributed by atoms with Gasteiger partial charge in [-0.3, -0.25) is 4.99 Å². The highest BCUT2D eigenvalue weighted by molar-refractivity contribution is 5.57. The summed E-state index contributed by atoms with van der Waals surface area (Å²) in [6.07, 6.45) is 24.9. The van der Waals surface area contributed by atoms with Crippen LogP contribution in [0.5, 0.6) is 0 Å². The standard InChI is InChI=1S/C22H42N2O/c1-2-3-4-5-6-7-8-9-10-11-12-13-14-15-16-17-22(25)20-24-19-18-23-21-24/h16-17,21-22,25H,2-15,18-20H2,1H3. The van der Waals surface area contributed by atoms with Crippen molar-refractivity contribution in [2.45, 2.75) is 103 Å². The van der Waals surface area contributed by atoms with Crippen molar-refractivity contribution < 1.29 is 5.11 Å². The summed E-state index contributed by atoms with van der Waals surface area (Å²) < 4.78 is 0. The molecule has 1 N–H and O–H groups in total. The smallest absolute Gasteiger partial charge is 0.0896 e. The van der Waals surface area contributed by atoms with Crippen molar-refractivity contribution in [2.75, 3.05) is 19.6 Å². The van der Waals surface area contributed by atoms with Crippen LogP contribution >= 0.6 is 0 Å². The molecule has 1 unspecified atom stereocenters. The van der Waals surface area contributed by atoms with E-state index in [0.29, 0.717) is 6.54 Å². The fourth-order valence-electron chi connectivity index (χ4n) is 3.39. The molecule has 1 heterocycles. The minimum absolute atomic E-state index is 0.355. The van der Waals surface area contributed by atoms with Gasteiger partial charge in [-0.05, 0) is 12.8 Å². The molecule has 1 atom stereocenters. The molecular weight excluding hydrogens is 308 g/mol. The van der Waals surface area contributed by atoms with Crippen LogP contribution in [0.15, 0.2) is 17.1 Å². The zero-order valence-electron chi connectivity index (χ0n) is 16.7. The summed E-state index contributed by atoms with van der Waals surface area (Å²) in [5.74, 6) is 0. The molecule has 0 bridgehead atoms.